The molecule has 0 bridgehead atoms. The number of nitrogens with zero attached hydrogens (tertiary/aromatic N) is 3. The lowest BCUT2D eigenvalue weighted by Gasteiger charge is -2.50. The van der Waals surface area contributed by atoms with Gasteiger partial charge in [0.15, 0.2) is 6.23 Å². The molecule has 2 unspecified atom stereocenters. The number of carbonyl (C=O) groups is 1. The highest BCUT2D eigenvalue weighted by atomic mass is 127. The maximum Gasteiger partial charge on any atom is 0.335 e. The minimum atomic E-state index is -2.92. The number of rotatable bonds is 5. The maximum absolute atomic E-state index is 13.9. The van der Waals surface area contributed by atoms with Crippen LogP contribution in [-0.2, 0) is 22.5 Å². The van der Waals surface area contributed by atoms with Gasteiger partial charge in [0.05, 0.1) is 12.0 Å². The van der Waals surface area contributed by atoms with Gasteiger partial charge in [0.2, 0.25) is 5.78 Å². The average molecular weight is 652 g/mol. The van der Waals surface area contributed by atoms with E-state index >= 15 is 0 Å². The second kappa shape index (κ2) is 10.0. The number of Topliss-reactive ketones (excluding diaryl/α,β-unsaturated/α-hetero) is 1. The average Bonchev–Trinajstić information content (AvgIpc) is 3.24. The molecule has 4 heterocycles. The van der Waals surface area contributed by atoms with Crippen LogP contribution in [0.5, 0.6) is 0 Å². The van der Waals surface area contributed by atoms with E-state index in [9.17, 15) is 4.79 Å². The summed E-state index contributed by atoms with van der Waals surface area (Å²) in [4.78, 5) is 22.4. The first-order valence-corrected chi connectivity index (χ1v) is 17.6. The molecule has 2 aromatic rings. The summed E-state index contributed by atoms with van der Waals surface area (Å²) in [6.45, 7) is 17.5. The number of aromatic nitrogens is 3. The first-order chi connectivity index (χ1) is 16.4. The lowest BCUT2D eigenvalue weighted by Crippen LogP contribution is -2.65. The van der Waals surface area contributed by atoms with Crippen LogP contribution in [0.15, 0.2) is 12.5 Å². The Labute approximate surface area is 228 Å². The second-order valence-corrected chi connectivity index (χ2v) is 21.1. The largest absolute Gasteiger partial charge is 0.414 e. The van der Waals surface area contributed by atoms with Crippen LogP contribution in [-0.4, -0.2) is 56.3 Å². The fourth-order valence-electron chi connectivity index (χ4n) is 5.40. The molecular formula is C23H35ClIN3O5Si2. The van der Waals surface area contributed by atoms with Crippen molar-refractivity contribution in [1.82, 2.24) is 14.5 Å². The van der Waals surface area contributed by atoms with E-state index < -0.39 is 35.6 Å². The van der Waals surface area contributed by atoms with Crippen molar-refractivity contribution < 1.29 is 22.5 Å². The lowest BCUT2D eigenvalue weighted by atomic mass is 10.1. The monoisotopic (exact) mass is 651 g/mol. The summed E-state index contributed by atoms with van der Waals surface area (Å²) in [5.41, 5.74) is 1.24. The second-order valence-electron chi connectivity index (χ2n) is 10.7. The van der Waals surface area contributed by atoms with Crippen LogP contribution in [0.3, 0.4) is 0 Å². The molecule has 0 saturated carbocycles. The zero-order chi connectivity index (χ0) is 25.9. The van der Waals surface area contributed by atoms with E-state index in [0.29, 0.717) is 16.2 Å². The smallest absolute Gasteiger partial charge is 0.335 e. The van der Waals surface area contributed by atoms with E-state index in [2.05, 4.69) is 87.9 Å². The molecule has 0 N–H and O–H groups in total. The molecule has 35 heavy (non-hydrogen) atoms. The van der Waals surface area contributed by atoms with Gasteiger partial charge in [-0.05, 0) is 44.8 Å². The van der Waals surface area contributed by atoms with E-state index in [1.807, 2.05) is 6.20 Å². The van der Waals surface area contributed by atoms with Crippen molar-refractivity contribution in [1.29, 1.82) is 0 Å². The fraction of sp³-hybridized carbons (Fsp3) is 0.696. The zero-order valence-electron chi connectivity index (χ0n) is 21.5. The number of fused-ring (bicyclic) bond motifs is 2. The predicted molar refractivity (Wildman–Crippen MR) is 148 cm³/mol. The molecule has 2 fully saturated rings. The lowest BCUT2D eigenvalue weighted by molar-refractivity contribution is -0.130. The Morgan fingerprint density at radius 1 is 1.03 bits per heavy atom. The van der Waals surface area contributed by atoms with Crippen molar-refractivity contribution in [3.05, 3.63) is 21.2 Å². The molecule has 4 rings (SSSR count). The summed E-state index contributed by atoms with van der Waals surface area (Å²) < 4.78 is 29.8. The molecule has 2 aliphatic rings. The number of ether oxygens (including phenoxy) is 1. The van der Waals surface area contributed by atoms with Gasteiger partial charge in [-0.3, -0.25) is 9.36 Å². The SMILES string of the molecule is CC(C)[Si]1(C(C)C)OCC2OC(n3cc(I)c4c(Cl)ncnc43)C(=O)[C@@H]2O[Si](C(C)C)(C(C)C)O1. The van der Waals surface area contributed by atoms with Gasteiger partial charge in [-0.1, -0.05) is 67.0 Å². The predicted octanol–water partition coefficient (Wildman–Crippen LogP) is 6.11. The zero-order valence-corrected chi connectivity index (χ0v) is 26.5. The fourth-order valence-corrected chi connectivity index (χ4v) is 17.7. The Hall–Kier alpha value is -0.416. The minimum Gasteiger partial charge on any atom is -0.414 e. The third-order valence-corrected chi connectivity index (χ3v) is 18.6. The van der Waals surface area contributed by atoms with Gasteiger partial charge in [-0.2, -0.15) is 0 Å². The topological polar surface area (TPSA) is 84.7 Å². The van der Waals surface area contributed by atoms with Crippen LogP contribution in [0.2, 0.25) is 27.3 Å². The van der Waals surface area contributed by atoms with Crippen LogP contribution in [0.4, 0.5) is 0 Å². The molecule has 12 heteroatoms. The normalized spacial score (nSPS) is 26.7. The van der Waals surface area contributed by atoms with E-state index in [1.54, 1.807) is 4.57 Å². The van der Waals surface area contributed by atoms with Gasteiger partial charge in [0.1, 0.15) is 29.3 Å². The number of carbonyl (C=O) groups excluding carboxylic acids is 1. The van der Waals surface area contributed by atoms with Crippen molar-refractivity contribution in [2.45, 2.75) is 96.0 Å². The van der Waals surface area contributed by atoms with E-state index in [0.717, 1.165) is 3.57 Å². The number of ketones is 1. The van der Waals surface area contributed by atoms with Gasteiger partial charge in [-0.25, -0.2) is 9.97 Å². The van der Waals surface area contributed by atoms with E-state index in [-0.39, 0.29) is 34.6 Å². The first-order valence-electron chi connectivity index (χ1n) is 12.2. The van der Waals surface area contributed by atoms with Crippen molar-refractivity contribution in [3.8, 4) is 0 Å². The highest BCUT2D eigenvalue weighted by Gasteiger charge is 2.61. The molecule has 194 valence electrons. The number of halogens is 2. The van der Waals surface area contributed by atoms with Crippen LogP contribution >= 0.6 is 34.2 Å². The third kappa shape index (κ3) is 4.47. The van der Waals surface area contributed by atoms with Gasteiger partial charge in [0, 0.05) is 9.77 Å². The summed E-state index contributed by atoms with van der Waals surface area (Å²) >= 11 is 8.51. The Morgan fingerprint density at radius 2 is 1.63 bits per heavy atom. The molecule has 0 aromatic carbocycles. The Morgan fingerprint density at radius 3 is 2.20 bits per heavy atom. The molecular weight excluding hydrogens is 617 g/mol. The van der Waals surface area contributed by atoms with Crippen molar-refractivity contribution >= 4 is 68.1 Å². The van der Waals surface area contributed by atoms with Crippen molar-refractivity contribution in [3.63, 3.8) is 0 Å². The highest BCUT2D eigenvalue weighted by Crippen LogP contribution is 2.48. The van der Waals surface area contributed by atoms with E-state index in [1.165, 1.54) is 6.33 Å². The van der Waals surface area contributed by atoms with Gasteiger partial charge >= 0.3 is 17.1 Å². The molecule has 0 spiro atoms. The summed E-state index contributed by atoms with van der Waals surface area (Å²) in [6.07, 6.45) is 1.05. The molecule has 8 nitrogen and oxygen atoms in total. The highest BCUT2D eigenvalue weighted by molar-refractivity contribution is 14.1. The first kappa shape index (κ1) is 27.6. The molecule has 0 aliphatic carbocycles. The Balaban J connectivity index is 1.80. The standard InChI is InChI=1S/C23H35ClIN3O5Si2/c1-12(2)34(13(3)4)30-10-17-20(32-35(33-34,14(5)6)15(7)8)19(29)23(31-17)28-9-16(25)18-21(24)26-11-27-22(18)28/h9,11-15,17,20,23H,10H2,1-8H3/t17?,20-,23?/m1/s1. The summed E-state index contributed by atoms with van der Waals surface area (Å²) in [6, 6.07) is 0. The summed E-state index contributed by atoms with van der Waals surface area (Å²) in [5, 5.41) is 1.05. The quantitative estimate of drug-likeness (QED) is 0.219. The van der Waals surface area contributed by atoms with Crippen molar-refractivity contribution in [2.24, 2.45) is 0 Å². The Kier molecular flexibility index (Phi) is 7.92. The molecule has 2 aliphatic heterocycles. The van der Waals surface area contributed by atoms with Gasteiger partial charge in [0.25, 0.3) is 0 Å². The maximum atomic E-state index is 13.9. The van der Waals surface area contributed by atoms with E-state index in [4.69, 9.17) is 29.3 Å². The number of hydrogen-bond donors (Lipinski definition) is 0. The van der Waals surface area contributed by atoms with Crippen LogP contribution in [0.1, 0.15) is 61.6 Å². The molecule has 0 amide bonds. The minimum absolute atomic E-state index is 0.126. The van der Waals surface area contributed by atoms with Crippen LogP contribution in [0, 0.1) is 3.57 Å². The Bertz CT molecular complexity index is 1100. The van der Waals surface area contributed by atoms with Gasteiger partial charge in [-0.15, -0.1) is 0 Å². The molecule has 0 radical (unpaired) electrons. The molecule has 2 saturated heterocycles. The molecule has 2 aromatic heterocycles. The van der Waals surface area contributed by atoms with Crippen molar-refractivity contribution in [2.75, 3.05) is 6.61 Å². The summed E-state index contributed by atoms with van der Waals surface area (Å²) in [7, 11) is -5.63. The third-order valence-electron chi connectivity index (χ3n) is 7.26. The summed E-state index contributed by atoms with van der Waals surface area (Å²) in [5.74, 6) is -0.147. The number of hydrogen-bond acceptors (Lipinski definition) is 7. The van der Waals surface area contributed by atoms with Gasteiger partial charge < -0.3 is 17.7 Å². The van der Waals surface area contributed by atoms with Crippen LogP contribution < -0.4 is 0 Å². The van der Waals surface area contributed by atoms with Crippen LogP contribution in [0.25, 0.3) is 11.0 Å². The molecule has 3 atom stereocenters.